The van der Waals surface area contributed by atoms with Crippen LogP contribution in [0.4, 0.5) is 33.7 Å². The Morgan fingerprint density at radius 3 is 2.17 bits per heavy atom. The Morgan fingerprint density at radius 1 is 0.865 bits per heavy atom. The van der Waals surface area contributed by atoms with Crippen molar-refractivity contribution in [3.05, 3.63) is 76.9 Å². The van der Waals surface area contributed by atoms with Gasteiger partial charge in [0.15, 0.2) is 0 Å². The molecule has 2 aliphatic rings. The molecule has 0 spiro atoms. The first-order valence-electron chi connectivity index (χ1n) is 19.2. The van der Waals surface area contributed by atoms with Crippen LogP contribution in [-0.4, -0.2) is 46.4 Å². The van der Waals surface area contributed by atoms with E-state index >= 15 is 0 Å². The number of para-hydroxylation sites is 1. The lowest BCUT2D eigenvalue weighted by atomic mass is 9.89. The normalized spacial score (nSPS) is 15.8. The van der Waals surface area contributed by atoms with Crippen molar-refractivity contribution in [3.8, 4) is 0 Å². The van der Waals surface area contributed by atoms with Gasteiger partial charge in [-0.3, -0.25) is 4.90 Å². The molecule has 3 aromatic rings. The zero-order valence-corrected chi connectivity index (χ0v) is 31.5. The average Bonchev–Trinajstić information content (AvgIpc) is 3.50. The molecule has 1 fully saturated rings. The molecule has 3 heterocycles. The molecule has 0 saturated carbocycles. The van der Waals surface area contributed by atoms with E-state index in [1.54, 1.807) is 27.9 Å². The molecule has 11 heteroatoms. The number of benzene rings is 2. The highest BCUT2D eigenvalue weighted by molar-refractivity contribution is 5.94. The molecule has 1 aromatic heterocycles. The molecule has 1 saturated heterocycles. The van der Waals surface area contributed by atoms with Crippen LogP contribution in [0.2, 0.25) is 0 Å². The Labute approximate surface area is 307 Å². The molecule has 2 amide bonds. The molecular weight excluding hydrogens is 670 g/mol. The highest BCUT2D eigenvalue weighted by Gasteiger charge is 2.40. The number of rotatable bonds is 17. The molecule has 0 bridgehead atoms. The minimum Gasteiger partial charge on any atom is -0.369 e. The third kappa shape index (κ3) is 10.7. The highest BCUT2D eigenvalue weighted by atomic mass is 19.4. The summed E-state index contributed by atoms with van der Waals surface area (Å²) in [5.41, 5.74) is 2.24. The van der Waals surface area contributed by atoms with Crippen molar-refractivity contribution >= 4 is 17.4 Å². The second-order valence-corrected chi connectivity index (χ2v) is 15.8. The maximum absolute atomic E-state index is 14.7. The van der Waals surface area contributed by atoms with Crippen LogP contribution in [0.25, 0.3) is 0 Å². The van der Waals surface area contributed by atoms with Crippen LogP contribution in [0, 0.1) is 18.2 Å². The van der Waals surface area contributed by atoms with Crippen LogP contribution >= 0.6 is 0 Å². The second-order valence-electron chi connectivity index (χ2n) is 15.8. The number of alkyl halides is 3. The van der Waals surface area contributed by atoms with Gasteiger partial charge >= 0.3 is 12.2 Å². The summed E-state index contributed by atoms with van der Waals surface area (Å²) in [6.45, 7) is 10.7. The van der Waals surface area contributed by atoms with Crippen LogP contribution < -0.4 is 9.80 Å². The fourth-order valence-corrected chi connectivity index (χ4v) is 7.56. The SMILES string of the molecule is Cc1cccc(F)c1N1CCC(N2Cc3nn(COCCCCCCCCCCCC(C)(C)C)cc3N(Cc3ccccc3C(F)(F)F)C2=O)CC1. The lowest BCUT2D eigenvalue weighted by Gasteiger charge is -2.43. The highest BCUT2D eigenvalue weighted by Crippen LogP contribution is 2.37. The van der Waals surface area contributed by atoms with E-state index in [4.69, 9.17) is 9.84 Å². The number of unbranched alkanes of at least 4 members (excludes halogenated alkanes) is 8. The first-order valence-corrected chi connectivity index (χ1v) is 19.2. The standard InChI is InChI=1S/C41H57F4N5O2/c1-31-17-16-20-35(42)38(31)47-24-21-33(22-25-47)49-28-36-37(50(39(49)51)27-32-18-12-13-19-34(32)41(43,44)45)29-48(46-36)30-52-26-15-11-9-7-5-6-8-10-14-23-40(2,3)4/h12-13,16-20,29,33H,5-11,14-15,21-28,30H2,1-4H3. The third-order valence-electron chi connectivity index (χ3n) is 10.4. The third-order valence-corrected chi connectivity index (χ3v) is 10.4. The first kappa shape index (κ1) is 39.6. The van der Waals surface area contributed by atoms with E-state index in [1.807, 2.05) is 17.9 Å². The van der Waals surface area contributed by atoms with Gasteiger partial charge < -0.3 is 14.5 Å². The summed E-state index contributed by atoms with van der Waals surface area (Å²) < 4.78 is 64.3. The van der Waals surface area contributed by atoms with E-state index in [-0.39, 0.29) is 43.3 Å². The lowest BCUT2D eigenvalue weighted by Crippen LogP contribution is -2.54. The summed E-state index contributed by atoms with van der Waals surface area (Å²) in [7, 11) is 0. The van der Waals surface area contributed by atoms with E-state index in [0.29, 0.717) is 55.0 Å². The van der Waals surface area contributed by atoms with Gasteiger partial charge in [-0.25, -0.2) is 13.9 Å². The van der Waals surface area contributed by atoms with Crippen LogP contribution in [0.5, 0.6) is 0 Å². The zero-order chi connectivity index (χ0) is 37.3. The molecule has 0 atom stereocenters. The number of hydrogen-bond acceptors (Lipinski definition) is 4. The van der Waals surface area contributed by atoms with Crippen molar-refractivity contribution in [2.24, 2.45) is 5.41 Å². The summed E-state index contributed by atoms with van der Waals surface area (Å²) >= 11 is 0. The Bertz CT molecular complexity index is 1570. The zero-order valence-electron chi connectivity index (χ0n) is 31.5. The van der Waals surface area contributed by atoms with Crippen LogP contribution in [0.15, 0.2) is 48.7 Å². The van der Waals surface area contributed by atoms with Crippen molar-refractivity contribution in [1.82, 2.24) is 14.7 Å². The maximum Gasteiger partial charge on any atom is 0.416 e. The number of amides is 2. The van der Waals surface area contributed by atoms with E-state index < -0.39 is 11.7 Å². The molecule has 0 N–H and O–H groups in total. The predicted molar refractivity (Wildman–Crippen MR) is 199 cm³/mol. The number of aromatic nitrogens is 2. The monoisotopic (exact) mass is 727 g/mol. The van der Waals surface area contributed by atoms with E-state index in [2.05, 4.69) is 20.8 Å². The number of carbonyl (C=O) groups excluding carboxylic acids is 1. The van der Waals surface area contributed by atoms with E-state index in [0.717, 1.165) is 24.5 Å². The molecule has 286 valence electrons. The number of piperidine rings is 1. The average molecular weight is 728 g/mol. The van der Waals surface area contributed by atoms with Crippen molar-refractivity contribution < 1.29 is 27.1 Å². The van der Waals surface area contributed by atoms with Crippen molar-refractivity contribution in [2.75, 3.05) is 29.5 Å². The van der Waals surface area contributed by atoms with Crippen molar-refractivity contribution in [1.29, 1.82) is 0 Å². The van der Waals surface area contributed by atoms with Crippen LogP contribution in [-0.2, 0) is 30.7 Å². The Kier molecular flexibility index (Phi) is 13.7. The van der Waals surface area contributed by atoms with Gasteiger partial charge in [-0.1, -0.05) is 102 Å². The molecule has 52 heavy (non-hydrogen) atoms. The number of nitrogens with zero attached hydrogens (tertiary/aromatic N) is 5. The Balaban J connectivity index is 1.17. The molecule has 0 radical (unpaired) electrons. The smallest absolute Gasteiger partial charge is 0.369 e. The largest absolute Gasteiger partial charge is 0.416 e. The van der Waals surface area contributed by atoms with Gasteiger partial charge in [0.05, 0.1) is 36.2 Å². The predicted octanol–water partition coefficient (Wildman–Crippen LogP) is 10.9. The Hall–Kier alpha value is -3.60. The second kappa shape index (κ2) is 18.0. The number of halogens is 4. The molecule has 2 aliphatic heterocycles. The van der Waals surface area contributed by atoms with E-state index in [1.165, 1.54) is 74.5 Å². The number of hydrogen-bond donors (Lipinski definition) is 0. The molecular formula is C41H57F4N5O2. The number of anilines is 2. The number of urea groups is 1. The number of carbonyl (C=O) groups is 1. The van der Waals surface area contributed by atoms with Gasteiger partial charge in [0.1, 0.15) is 18.2 Å². The summed E-state index contributed by atoms with van der Waals surface area (Å²) in [6.07, 6.45) is 10.7. The minimum absolute atomic E-state index is 0.0190. The van der Waals surface area contributed by atoms with Crippen LogP contribution in [0.3, 0.4) is 0 Å². The summed E-state index contributed by atoms with van der Waals surface area (Å²) in [6, 6.07) is 9.91. The molecule has 0 unspecified atom stereocenters. The minimum atomic E-state index is -4.56. The van der Waals surface area contributed by atoms with Gasteiger partial charge in [-0.15, -0.1) is 0 Å². The number of aryl methyl sites for hydroxylation is 1. The van der Waals surface area contributed by atoms with E-state index in [9.17, 15) is 22.4 Å². The summed E-state index contributed by atoms with van der Waals surface area (Å²) in [4.78, 5) is 19.3. The van der Waals surface area contributed by atoms with Gasteiger partial charge in [-0.2, -0.15) is 18.3 Å². The van der Waals surface area contributed by atoms with Gasteiger partial charge in [0.2, 0.25) is 0 Å². The fraction of sp³-hybridized carbons (Fsp3) is 0.610. The molecule has 7 nitrogen and oxygen atoms in total. The number of fused-ring (bicyclic) bond motifs is 1. The lowest BCUT2D eigenvalue weighted by molar-refractivity contribution is -0.138. The quantitative estimate of drug-likeness (QED) is 0.103. The topological polar surface area (TPSA) is 53.8 Å². The molecule has 2 aromatic carbocycles. The Morgan fingerprint density at radius 2 is 1.52 bits per heavy atom. The van der Waals surface area contributed by atoms with Gasteiger partial charge in [0.25, 0.3) is 0 Å². The number of ether oxygens (including phenoxy) is 1. The first-order chi connectivity index (χ1) is 24.8. The van der Waals surface area contributed by atoms with Crippen molar-refractivity contribution in [2.45, 2.75) is 137 Å². The van der Waals surface area contributed by atoms with Crippen LogP contribution in [0.1, 0.15) is 120 Å². The van der Waals surface area contributed by atoms with Gasteiger partial charge in [-0.05, 0) is 61.3 Å². The van der Waals surface area contributed by atoms with Crippen molar-refractivity contribution in [3.63, 3.8) is 0 Å². The summed E-state index contributed by atoms with van der Waals surface area (Å²) in [5.74, 6) is -0.271. The molecule has 5 rings (SSSR count). The maximum atomic E-state index is 14.7. The summed E-state index contributed by atoms with van der Waals surface area (Å²) in [5, 5.41) is 4.76. The fourth-order valence-electron chi connectivity index (χ4n) is 7.56. The van der Waals surface area contributed by atoms with Gasteiger partial charge in [0, 0.05) is 25.7 Å². The molecule has 0 aliphatic carbocycles.